The van der Waals surface area contributed by atoms with Crippen molar-refractivity contribution in [3.05, 3.63) is 65.7 Å². The molecule has 1 unspecified atom stereocenters. The maximum atomic E-state index is 11.0. The molecule has 0 saturated carbocycles. The number of amides is 1. The van der Waals surface area contributed by atoms with Crippen LogP contribution in [0.2, 0.25) is 0 Å². The zero-order valence-corrected chi connectivity index (χ0v) is 12.0. The predicted octanol–water partition coefficient (Wildman–Crippen LogP) is 2.47. The van der Waals surface area contributed by atoms with Gasteiger partial charge in [-0.25, -0.2) is 0 Å². The zero-order valence-electron chi connectivity index (χ0n) is 12.0. The molecule has 110 valence electrons. The number of carbonyl (C=O) groups is 1. The number of carbonyl (C=O) groups excluding carboxylic acids is 1. The fourth-order valence-corrected chi connectivity index (χ4v) is 2.12. The van der Waals surface area contributed by atoms with E-state index in [0.717, 1.165) is 16.8 Å². The van der Waals surface area contributed by atoms with Crippen LogP contribution in [0.3, 0.4) is 0 Å². The number of benzene rings is 2. The summed E-state index contributed by atoms with van der Waals surface area (Å²) in [6.45, 7) is 2.19. The van der Waals surface area contributed by atoms with Gasteiger partial charge in [-0.15, -0.1) is 0 Å². The van der Waals surface area contributed by atoms with E-state index in [9.17, 15) is 9.90 Å². The van der Waals surface area contributed by atoms with Gasteiger partial charge >= 0.3 is 0 Å². The first-order chi connectivity index (χ1) is 10.2. The number of aliphatic hydroxyl groups is 1. The van der Waals surface area contributed by atoms with E-state index in [2.05, 4.69) is 10.6 Å². The van der Waals surface area contributed by atoms with Crippen molar-refractivity contribution < 1.29 is 9.90 Å². The molecule has 2 aromatic rings. The highest BCUT2D eigenvalue weighted by molar-refractivity contribution is 5.88. The third kappa shape index (κ3) is 4.70. The molecule has 2 aromatic carbocycles. The van der Waals surface area contributed by atoms with E-state index < -0.39 is 0 Å². The number of hydrogen-bond acceptors (Lipinski definition) is 3. The minimum absolute atomic E-state index is 0.0496. The van der Waals surface area contributed by atoms with Crippen molar-refractivity contribution in [2.24, 2.45) is 0 Å². The van der Waals surface area contributed by atoms with Crippen LogP contribution in [0.5, 0.6) is 0 Å². The average Bonchev–Trinajstić information content (AvgIpc) is 2.50. The summed E-state index contributed by atoms with van der Waals surface area (Å²) in [4.78, 5) is 11.0. The third-order valence-corrected chi connectivity index (χ3v) is 3.21. The fraction of sp³-hybridized carbons (Fsp3) is 0.235. The second kappa shape index (κ2) is 7.57. The van der Waals surface area contributed by atoms with Gasteiger partial charge in [0.25, 0.3) is 0 Å². The lowest BCUT2D eigenvalue weighted by molar-refractivity contribution is -0.114. The van der Waals surface area contributed by atoms with Gasteiger partial charge in [-0.05, 0) is 23.3 Å². The fourth-order valence-electron chi connectivity index (χ4n) is 2.12. The van der Waals surface area contributed by atoms with Gasteiger partial charge < -0.3 is 15.7 Å². The van der Waals surface area contributed by atoms with Crippen LogP contribution in [0.4, 0.5) is 5.69 Å². The number of rotatable bonds is 6. The van der Waals surface area contributed by atoms with Crippen molar-refractivity contribution in [2.45, 2.75) is 19.5 Å². The van der Waals surface area contributed by atoms with Crippen LogP contribution >= 0.6 is 0 Å². The Bertz CT molecular complexity index is 567. The Hall–Kier alpha value is -2.17. The Balaban J connectivity index is 1.94. The first-order valence-corrected chi connectivity index (χ1v) is 6.95. The highest BCUT2D eigenvalue weighted by Gasteiger charge is 2.08. The summed E-state index contributed by atoms with van der Waals surface area (Å²) in [5.74, 6) is -0.0784. The van der Waals surface area contributed by atoms with E-state index in [1.165, 1.54) is 6.92 Å². The van der Waals surface area contributed by atoms with Gasteiger partial charge in [0.15, 0.2) is 0 Å². The van der Waals surface area contributed by atoms with E-state index in [-0.39, 0.29) is 18.6 Å². The van der Waals surface area contributed by atoms with Crippen LogP contribution in [-0.4, -0.2) is 17.6 Å². The molecule has 0 fully saturated rings. The molecule has 3 N–H and O–H groups in total. The van der Waals surface area contributed by atoms with Crippen molar-refractivity contribution in [3.8, 4) is 0 Å². The molecule has 1 amide bonds. The Kier molecular flexibility index (Phi) is 5.49. The van der Waals surface area contributed by atoms with Crippen LogP contribution in [0, 0.1) is 0 Å². The van der Waals surface area contributed by atoms with Crippen LogP contribution in [0.1, 0.15) is 24.1 Å². The highest BCUT2D eigenvalue weighted by atomic mass is 16.3. The largest absolute Gasteiger partial charge is 0.394 e. The highest BCUT2D eigenvalue weighted by Crippen LogP contribution is 2.14. The number of nitrogens with one attached hydrogen (secondary N) is 2. The lowest BCUT2D eigenvalue weighted by Gasteiger charge is -2.17. The average molecular weight is 284 g/mol. The van der Waals surface area contributed by atoms with E-state index in [4.69, 9.17) is 0 Å². The maximum absolute atomic E-state index is 11.0. The predicted molar refractivity (Wildman–Crippen MR) is 83.9 cm³/mol. The summed E-state index contributed by atoms with van der Waals surface area (Å²) >= 11 is 0. The third-order valence-electron chi connectivity index (χ3n) is 3.21. The van der Waals surface area contributed by atoms with Crippen molar-refractivity contribution in [1.82, 2.24) is 5.32 Å². The summed E-state index contributed by atoms with van der Waals surface area (Å²) < 4.78 is 0. The van der Waals surface area contributed by atoms with Gasteiger partial charge in [-0.1, -0.05) is 42.5 Å². The molecule has 2 rings (SSSR count). The number of hydrogen-bond donors (Lipinski definition) is 3. The maximum Gasteiger partial charge on any atom is 0.221 e. The van der Waals surface area contributed by atoms with Gasteiger partial charge in [0.05, 0.1) is 12.6 Å². The standard InChI is InChI=1S/C17H20N2O2/c1-13(21)19-16-9-7-14(8-10-16)11-18-17(12-20)15-5-3-2-4-6-15/h2-10,17-18,20H,11-12H2,1H3,(H,19,21). The van der Waals surface area contributed by atoms with Gasteiger partial charge in [0, 0.05) is 19.2 Å². The molecule has 0 aliphatic carbocycles. The second-order valence-electron chi connectivity index (χ2n) is 4.90. The van der Waals surface area contributed by atoms with Crippen molar-refractivity contribution in [2.75, 3.05) is 11.9 Å². The Morgan fingerprint density at radius 3 is 2.33 bits per heavy atom. The summed E-state index contributed by atoms with van der Waals surface area (Å²) in [6, 6.07) is 17.4. The first kappa shape index (κ1) is 15.2. The molecule has 21 heavy (non-hydrogen) atoms. The SMILES string of the molecule is CC(=O)Nc1ccc(CNC(CO)c2ccccc2)cc1. The Labute approximate surface area is 124 Å². The van der Waals surface area contributed by atoms with E-state index in [1.54, 1.807) is 0 Å². The van der Waals surface area contributed by atoms with Crippen molar-refractivity contribution >= 4 is 11.6 Å². The minimum atomic E-state index is -0.0822. The summed E-state index contributed by atoms with van der Waals surface area (Å²) in [5, 5.41) is 15.6. The lowest BCUT2D eigenvalue weighted by atomic mass is 10.1. The molecule has 4 nitrogen and oxygen atoms in total. The zero-order chi connectivity index (χ0) is 15.1. The van der Waals surface area contributed by atoms with Crippen LogP contribution < -0.4 is 10.6 Å². The molecule has 0 saturated heterocycles. The quantitative estimate of drug-likeness (QED) is 0.763. The summed E-state index contributed by atoms with van der Waals surface area (Å²) in [5.41, 5.74) is 2.95. The van der Waals surface area contributed by atoms with Gasteiger partial charge in [0.2, 0.25) is 5.91 Å². The summed E-state index contributed by atoms with van der Waals surface area (Å²) in [7, 11) is 0. The molecule has 0 aliphatic rings. The topological polar surface area (TPSA) is 61.4 Å². The van der Waals surface area contributed by atoms with Gasteiger partial charge in [-0.3, -0.25) is 4.79 Å². The van der Waals surface area contributed by atoms with Gasteiger partial charge in [-0.2, -0.15) is 0 Å². The molecular formula is C17H20N2O2. The molecule has 0 heterocycles. The van der Waals surface area contributed by atoms with Crippen LogP contribution in [-0.2, 0) is 11.3 Å². The van der Waals surface area contributed by atoms with Crippen molar-refractivity contribution in [3.63, 3.8) is 0 Å². The molecule has 0 radical (unpaired) electrons. The van der Waals surface area contributed by atoms with E-state index >= 15 is 0 Å². The second-order valence-corrected chi connectivity index (χ2v) is 4.90. The number of anilines is 1. The Morgan fingerprint density at radius 2 is 1.76 bits per heavy atom. The van der Waals surface area contributed by atoms with Crippen LogP contribution in [0.25, 0.3) is 0 Å². The monoisotopic (exact) mass is 284 g/mol. The van der Waals surface area contributed by atoms with E-state index in [0.29, 0.717) is 6.54 Å². The minimum Gasteiger partial charge on any atom is -0.394 e. The first-order valence-electron chi connectivity index (χ1n) is 6.95. The van der Waals surface area contributed by atoms with Crippen molar-refractivity contribution in [1.29, 1.82) is 0 Å². The molecular weight excluding hydrogens is 264 g/mol. The Morgan fingerprint density at radius 1 is 1.10 bits per heavy atom. The number of aliphatic hydroxyl groups excluding tert-OH is 1. The molecule has 0 aliphatic heterocycles. The summed E-state index contributed by atoms with van der Waals surface area (Å²) in [6.07, 6.45) is 0. The lowest BCUT2D eigenvalue weighted by Crippen LogP contribution is -2.23. The van der Waals surface area contributed by atoms with Gasteiger partial charge in [0.1, 0.15) is 0 Å². The molecule has 4 heteroatoms. The normalized spacial score (nSPS) is 11.9. The molecule has 0 bridgehead atoms. The van der Waals surface area contributed by atoms with Crippen LogP contribution in [0.15, 0.2) is 54.6 Å². The van der Waals surface area contributed by atoms with E-state index in [1.807, 2.05) is 54.6 Å². The smallest absolute Gasteiger partial charge is 0.221 e. The molecule has 0 spiro atoms. The molecule has 0 aromatic heterocycles. The molecule has 1 atom stereocenters.